The summed E-state index contributed by atoms with van der Waals surface area (Å²) >= 11 is 0. The molecule has 8 heterocycles. The summed E-state index contributed by atoms with van der Waals surface area (Å²) in [4.78, 5) is 24.6. The van der Waals surface area contributed by atoms with Gasteiger partial charge in [-0.15, -0.1) is 0 Å². The number of nitriles is 2. The van der Waals surface area contributed by atoms with Crippen molar-refractivity contribution in [3.8, 4) is 78.9 Å². The molecule has 0 unspecified atom stereocenters. The molecule has 0 fully saturated rings. The molecular weight excluding hydrogens is 1530 g/mol. The van der Waals surface area contributed by atoms with E-state index in [0.717, 1.165) is 181 Å². The van der Waals surface area contributed by atoms with Gasteiger partial charge in [0, 0.05) is 113 Å². The highest BCUT2D eigenvalue weighted by Crippen LogP contribution is 2.46. The third-order valence-electron chi connectivity index (χ3n) is 26.3. The fourth-order valence-electron chi connectivity index (χ4n) is 20.3. The Morgan fingerprint density at radius 2 is 0.776 bits per heavy atom. The zero-order valence-electron chi connectivity index (χ0n) is 68.0. The number of nitrogens with zero attached hydrogens (tertiary/aromatic N) is 12. The molecule has 0 amide bonds. The van der Waals surface area contributed by atoms with Gasteiger partial charge in [0.15, 0.2) is 0 Å². The van der Waals surface area contributed by atoms with Gasteiger partial charge in [-0.1, -0.05) is 194 Å². The second kappa shape index (κ2) is 29.7. The van der Waals surface area contributed by atoms with Crippen molar-refractivity contribution >= 4 is 137 Å². The molecule has 15 heteroatoms. The lowest BCUT2D eigenvalue weighted by Gasteiger charge is -2.27. The predicted octanol–water partition coefficient (Wildman–Crippen LogP) is 24.5. The Kier molecular flexibility index (Phi) is 17.4. The molecular formula is C110H74B2FN12+2. The Morgan fingerprint density at radius 3 is 1.31 bits per heavy atom. The van der Waals surface area contributed by atoms with Gasteiger partial charge in [0.2, 0.25) is 11.0 Å². The minimum atomic E-state index is -1.58. The van der Waals surface area contributed by atoms with E-state index < -0.39 is 7.26 Å². The van der Waals surface area contributed by atoms with Gasteiger partial charge in [-0.2, -0.15) is 10.5 Å². The van der Waals surface area contributed by atoms with E-state index in [9.17, 15) is 10.5 Å². The SMILES string of the molecule is N#C/C(=C(/C#N)c1ccc(N(c2ccc(-c3ccc4[n+](c3)B(F)n3c(c5cccc6c(-c7cccc8cccnc78)ccc3c65)=N4)cc2)c2ccc(-c3cccc4c3CCCC4)cc2)cc1)c1ccc(N(c2ccc(-c3ccc4[n+](c3)[B]n3c(c5ccc(-c6cccc7cccnc67)c6cccc3c65)=N4)cc2)c2ccc(-c3cccc4c3CCCC4)cc2)cc1. The van der Waals surface area contributed by atoms with Crippen LogP contribution in [0.3, 0.4) is 0 Å². The van der Waals surface area contributed by atoms with E-state index in [0.29, 0.717) is 22.4 Å². The predicted molar refractivity (Wildman–Crippen MR) is 503 cm³/mol. The summed E-state index contributed by atoms with van der Waals surface area (Å²) in [5, 5.41) is 31.0. The number of fused-ring (bicyclic) bond motifs is 12. The third-order valence-corrected chi connectivity index (χ3v) is 26.3. The van der Waals surface area contributed by atoms with E-state index in [1.54, 1.807) is 8.96 Å². The fourth-order valence-corrected chi connectivity index (χ4v) is 20.3. The number of benzene rings is 14. The van der Waals surface area contributed by atoms with Crippen LogP contribution in [0.25, 0.3) is 143 Å². The van der Waals surface area contributed by atoms with E-state index in [-0.39, 0.29) is 11.1 Å². The van der Waals surface area contributed by atoms with Crippen LogP contribution in [-0.4, -0.2) is 33.7 Å². The molecule has 4 aliphatic rings. The molecule has 0 saturated carbocycles. The van der Waals surface area contributed by atoms with Gasteiger partial charge in [-0.25, -0.2) is 4.48 Å². The number of rotatable bonds is 14. The maximum Gasteiger partial charge on any atom is 0.727 e. The highest BCUT2D eigenvalue weighted by molar-refractivity contribution is 6.42. The van der Waals surface area contributed by atoms with Crippen LogP contribution in [0.15, 0.2) is 362 Å². The van der Waals surface area contributed by atoms with Gasteiger partial charge in [0.05, 0.1) is 45.3 Å². The standard InChI is InChI=1S/C110H74B2FN12/c113-112-121-68-80(44-62-104(121)119-110-97-29-9-25-94-92(59-60-102(106(94)97)125(110)112)96-28-8-18-78-20-12-64-117-108(78)96)70-33-47-82(48-34-70)123(84-51-37-74(38-52-84)90-24-6-16-72-14-2-4-22-88(72)90)86-55-41-76(42-56-86)100(66-115)99(65-114)75-39-53-85(54-40-75)122(83-49-35-73(36-50-83)89-23-5-15-71-13-1-3-21-87(71)89)81-45-31-69(32-46-81)79-43-61-103-118-109-98-58-57-91(95-27-7-17-77-19-11-63-116-107(77)95)93-26-10-30-101(105(93)98)124(109)111-120(103)67-79/h5-12,15-20,23-64,67-68H,1-4,13-14,21-22H2/q+2/b100-99+. The summed E-state index contributed by atoms with van der Waals surface area (Å²) in [7, 11) is 0.576. The number of aromatic nitrogens is 6. The minimum Gasteiger partial charge on any atom is -0.311 e. The lowest BCUT2D eigenvalue weighted by molar-refractivity contribution is -0.535. The first kappa shape index (κ1) is 73.0. The largest absolute Gasteiger partial charge is 0.727 e. The first-order chi connectivity index (χ1) is 61.8. The van der Waals surface area contributed by atoms with E-state index in [1.165, 1.54) is 70.0 Å². The van der Waals surface area contributed by atoms with Crippen molar-refractivity contribution in [1.82, 2.24) is 18.9 Å². The minimum absolute atomic E-state index is 0.261. The van der Waals surface area contributed by atoms with Crippen molar-refractivity contribution in [2.45, 2.75) is 51.4 Å². The van der Waals surface area contributed by atoms with Crippen molar-refractivity contribution < 1.29 is 13.3 Å². The average Bonchev–Trinajstić information content (AvgIpc) is 1.56. The molecule has 125 heavy (non-hydrogen) atoms. The van der Waals surface area contributed by atoms with Crippen molar-refractivity contribution in [3.05, 3.63) is 397 Å². The van der Waals surface area contributed by atoms with Crippen LogP contribution in [0.1, 0.15) is 59.1 Å². The molecule has 0 saturated heterocycles. The Bertz CT molecular complexity index is 8100. The Labute approximate surface area is 721 Å². The Morgan fingerprint density at radius 1 is 0.360 bits per heavy atom. The topological polar surface area (TPSA) is 122 Å². The molecule has 0 bridgehead atoms. The Hall–Kier alpha value is -16.0. The number of aryl methyl sites for hydroxylation is 2. The summed E-state index contributed by atoms with van der Waals surface area (Å²) < 4.78 is 25.4. The van der Waals surface area contributed by atoms with Crippen molar-refractivity contribution in [3.63, 3.8) is 0 Å². The maximum atomic E-state index is 17.7. The van der Waals surface area contributed by atoms with Gasteiger partial charge >= 0.3 is 26.4 Å². The molecule has 12 nitrogen and oxygen atoms in total. The van der Waals surface area contributed by atoms with Crippen molar-refractivity contribution in [2.24, 2.45) is 9.98 Å². The molecule has 6 aromatic heterocycles. The molecule has 2 aliphatic heterocycles. The zero-order valence-corrected chi connectivity index (χ0v) is 68.0. The number of anilines is 6. The highest BCUT2D eigenvalue weighted by atomic mass is 19.1. The molecule has 1 radical (unpaired) electrons. The monoisotopic (exact) mass is 1600 g/mol. The maximum absolute atomic E-state index is 17.7. The van der Waals surface area contributed by atoms with Crippen LogP contribution in [-0.2, 0) is 25.7 Å². The summed E-state index contributed by atoms with van der Waals surface area (Å²) in [5.41, 5.74) is 31.2. The van der Waals surface area contributed by atoms with E-state index in [4.69, 9.17) is 20.0 Å². The van der Waals surface area contributed by atoms with Crippen LogP contribution >= 0.6 is 0 Å². The second-order valence-electron chi connectivity index (χ2n) is 33.1. The molecule has 20 aromatic rings. The van der Waals surface area contributed by atoms with Gasteiger partial charge in [0.1, 0.15) is 12.1 Å². The first-order valence-electron chi connectivity index (χ1n) is 42.9. The van der Waals surface area contributed by atoms with Crippen LogP contribution in [0.4, 0.5) is 50.1 Å². The van der Waals surface area contributed by atoms with Crippen LogP contribution in [0, 0.1) is 22.7 Å². The van der Waals surface area contributed by atoms with Crippen molar-refractivity contribution in [2.75, 3.05) is 9.80 Å². The number of pyridine rings is 4. The average molecular weight is 1600 g/mol. The molecule has 585 valence electrons. The quantitative estimate of drug-likeness (QED) is 0.0607. The summed E-state index contributed by atoms with van der Waals surface area (Å²) in [5.74, 6) is 1.35. The number of halogens is 1. The van der Waals surface area contributed by atoms with Crippen LogP contribution in [0.2, 0.25) is 0 Å². The van der Waals surface area contributed by atoms with Gasteiger partial charge in [-0.05, 0) is 271 Å². The van der Waals surface area contributed by atoms with Gasteiger partial charge < -0.3 is 14.3 Å². The normalized spacial score (nSPS) is 13.4. The number of hydrogen-bond acceptors (Lipinski definition) is 8. The summed E-state index contributed by atoms with van der Waals surface area (Å²) in [6, 6.07) is 119. The smallest absolute Gasteiger partial charge is 0.311 e. The van der Waals surface area contributed by atoms with Gasteiger partial charge in [0.25, 0.3) is 0 Å². The zero-order chi connectivity index (χ0) is 82.9. The third kappa shape index (κ3) is 12.2. The lowest BCUT2D eigenvalue weighted by atomic mass is 9.86. The van der Waals surface area contributed by atoms with Crippen molar-refractivity contribution in [1.29, 1.82) is 10.5 Å². The Balaban J connectivity index is 0.539. The summed E-state index contributed by atoms with van der Waals surface area (Å²) in [6.07, 6.45) is 16.8. The van der Waals surface area contributed by atoms with E-state index in [1.807, 2.05) is 110 Å². The number of hydrogen-bond donors (Lipinski definition) is 0. The van der Waals surface area contributed by atoms with Gasteiger partial charge in [-0.3, -0.25) is 23.2 Å². The molecule has 0 spiro atoms. The van der Waals surface area contributed by atoms with Crippen LogP contribution in [0.5, 0.6) is 0 Å². The first-order valence-corrected chi connectivity index (χ1v) is 42.9. The molecule has 0 N–H and O–H groups in total. The molecule has 2 aliphatic carbocycles. The molecule has 24 rings (SSSR count). The molecule has 14 aromatic carbocycles. The number of para-hydroxylation sites is 2. The van der Waals surface area contributed by atoms with E-state index >= 15 is 4.32 Å². The fraction of sp³-hybridized carbons (Fsp3) is 0.0727. The van der Waals surface area contributed by atoms with E-state index in [2.05, 4.69) is 281 Å². The summed E-state index contributed by atoms with van der Waals surface area (Å²) in [6.45, 7) is 0. The lowest BCUT2D eigenvalue weighted by Crippen LogP contribution is -2.58. The highest BCUT2D eigenvalue weighted by Gasteiger charge is 2.41. The molecule has 0 atom stereocenters. The number of allylic oxidation sites excluding steroid dienone is 2. The van der Waals surface area contributed by atoms with Crippen LogP contribution < -0.4 is 29.7 Å². The second-order valence-corrected chi connectivity index (χ2v) is 33.1.